The van der Waals surface area contributed by atoms with Crippen molar-refractivity contribution >= 4 is 6.03 Å². The average molecular weight is 280 g/mol. The number of nitrogens with zero attached hydrogens (tertiary/aromatic N) is 3. The zero-order valence-corrected chi connectivity index (χ0v) is 13.7. The van der Waals surface area contributed by atoms with Crippen molar-refractivity contribution in [1.29, 1.82) is 0 Å². The van der Waals surface area contributed by atoms with Crippen LogP contribution in [-0.2, 0) is 13.0 Å². The quantitative estimate of drug-likeness (QED) is 0.870. The highest BCUT2D eigenvalue weighted by Crippen LogP contribution is 2.14. The van der Waals surface area contributed by atoms with E-state index in [1.165, 1.54) is 11.3 Å². The number of aromatic nitrogens is 2. The van der Waals surface area contributed by atoms with E-state index in [1.54, 1.807) is 4.90 Å². The van der Waals surface area contributed by atoms with Crippen LogP contribution in [-0.4, -0.2) is 40.3 Å². The zero-order valence-electron chi connectivity index (χ0n) is 13.7. The Morgan fingerprint density at radius 1 is 1.40 bits per heavy atom. The molecule has 1 rings (SSSR count). The highest BCUT2D eigenvalue weighted by Gasteiger charge is 2.14. The lowest BCUT2D eigenvalue weighted by atomic mass is 10.1. The summed E-state index contributed by atoms with van der Waals surface area (Å²) in [6, 6.07) is 0.216. The van der Waals surface area contributed by atoms with Crippen molar-refractivity contribution in [2.75, 3.05) is 13.6 Å². The van der Waals surface area contributed by atoms with Crippen molar-refractivity contribution in [2.24, 2.45) is 0 Å². The van der Waals surface area contributed by atoms with Crippen molar-refractivity contribution < 1.29 is 4.79 Å². The van der Waals surface area contributed by atoms with Crippen molar-refractivity contribution in [3.05, 3.63) is 17.0 Å². The van der Waals surface area contributed by atoms with Gasteiger partial charge in [0, 0.05) is 31.9 Å². The van der Waals surface area contributed by atoms with Gasteiger partial charge < -0.3 is 10.2 Å². The van der Waals surface area contributed by atoms with Gasteiger partial charge in [0.15, 0.2) is 0 Å². The van der Waals surface area contributed by atoms with Gasteiger partial charge in [-0.15, -0.1) is 0 Å². The Morgan fingerprint density at radius 2 is 2.05 bits per heavy atom. The lowest BCUT2D eigenvalue weighted by molar-refractivity contribution is 0.205. The molecular formula is C15H28N4O. The molecule has 0 spiro atoms. The number of amides is 2. The van der Waals surface area contributed by atoms with Crippen LogP contribution in [0.2, 0.25) is 0 Å². The second-order valence-electron chi connectivity index (χ2n) is 5.40. The van der Waals surface area contributed by atoms with Crippen LogP contribution in [0.5, 0.6) is 0 Å². The average Bonchev–Trinajstić information content (AvgIpc) is 2.70. The van der Waals surface area contributed by atoms with Gasteiger partial charge in [0.2, 0.25) is 0 Å². The van der Waals surface area contributed by atoms with Gasteiger partial charge >= 0.3 is 6.03 Å². The summed E-state index contributed by atoms with van der Waals surface area (Å²) in [4.78, 5) is 13.7. The van der Waals surface area contributed by atoms with E-state index < -0.39 is 0 Å². The number of carbonyl (C=O) groups is 1. The molecule has 0 unspecified atom stereocenters. The number of rotatable bonds is 6. The largest absolute Gasteiger partial charge is 0.336 e. The fourth-order valence-corrected chi connectivity index (χ4v) is 2.21. The molecule has 1 aromatic heterocycles. The van der Waals surface area contributed by atoms with Crippen LogP contribution in [0, 0.1) is 13.8 Å². The molecule has 1 atom stereocenters. The Labute approximate surface area is 122 Å². The third-order valence-corrected chi connectivity index (χ3v) is 3.86. The Bertz CT molecular complexity index is 453. The minimum atomic E-state index is -0.00228. The van der Waals surface area contributed by atoms with Crippen LogP contribution in [0.3, 0.4) is 0 Å². The molecule has 1 N–H and O–H groups in total. The van der Waals surface area contributed by atoms with E-state index in [9.17, 15) is 4.79 Å². The van der Waals surface area contributed by atoms with Crippen molar-refractivity contribution in [2.45, 2.75) is 60.0 Å². The van der Waals surface area contributed by atoms with Crippen LogP contribution >= 0.6 is 0 Å². The van der Waals surface area contributed by atoms with Crippen LogP contribution in [0.1, 0.15) is 44.1 Å². The molecule has 20 heavy (non-hydrogen) atoms. The number of aryl methyl sites for hydroxylation is 2. The summed E-state index contributed by atoms with van der Waals surface area (Å²) in [6.45, 7) is 11.9. The summed E-state index contributed by atoms with van der Waals surface area (Å²) in [5, 5.41) is 7.49. The Balaban J connectivity index is 2.59. The first-order chi connectivity index (χ1) is 9.40. The summed E-state index contributed by atoms with van der Waals surface area (Å²) < 4.78 is 2.02. The maximum atomic E-state index is 12.0. The molecule has 5 nitrogen and oxygen atoms in total. The standard InChI is InChI=1S/C15H28N4O/c1-7-11(3)16-15(20)18(6)10-9-14-12(4)17-19(8-2)13(14)5/h11H,7-10H2,1-6H3,(H,16,20)/t11-/m1/s1. The first-order valence-corrected chi connectivity index (χ1v) is 7.45. The lowest BCUT2D eigenvalue weighted by Crippen LogP contribution is -2.42. The highest BCUT2D eigenvalue weighted by molar-refractivity contribution is 5.74. The monoisotopic (exact) mass is 280 g/mol. The molecule has 0 saturated heterocycles. The zero-order chi connectivity index (χ0) is 15.3. The van der Waals surface area contributed by atoms with E-state index in [0.717, 1.165) is 25.1 Å². The van der Waals surface area contributed by atoms with Gasteiger partial charge in [-0.3, -0.25) is 4.68 Å². The van der Waals surface area contributed by atoms with Crippen LogP contribution in [0.25, 0.3) is 0 Å². The molecule has 0 aliphatic carbocycles. The minimum Gasteiger partial charge on any atom is -0.336 e. The predicted molar refractivity (Wildman–Crippen MR) is 82.0 cm³/mol. The molecule has 1 aromatic rings. The molecule has 0 bridgehead atoms. The highest BCUT2D eigenvalue weighted by atomic mass is 16.2. The van der Waals surface area contributed by atoms with Crippen LogP contribution in [0.15, 0.2) is 0 Å². The summed E-state index contributed by atoms with van der Waals surface area (Å²) in [5.41, 5.74) is 3.54. The molecule has 0 fully saturated rings. The molecule has 2 amide bonds. The number of hydrogen-bond donors (Lipinski definition) is 1. The van der Waals surface area contributed by atoms with Crippen LogP contribution < -0.4 is 5.32 Å². The molecule has 0 aliphatic heterocycles. The first kappa shape index (κ1) is 16.5. The second kappa shape index (κ2) is 7.31. The topological polar surface area (TPSA) is 50.2 Å². The SMILES string of the molecule is CC[C@@H](C)NC(=O)N(C)CCc1c(C)nn(CC)c1C. The van der Waals surface area contributed by atoms with E-state index in [1.807, 2.05) is 25.6 Å². The van der Waals surface area contributed by atoms with E-state index in [0.29, 0.717) is 6.54 Å². The van der Waals surface area contributed by atoms with Gasteiger partial charge in [-0.2, -0.15) is 5.10 Å². The fraction of sp³-hybridized carbons (Fsp3) is 0.733. The molecule has 0 saturated carbocycles. The number of likely N-dealkylation sites (N-methyl/N-ethyl adjacent to an activating group) is 1. The third kappa shape index (κ3) is 3.99. The Kier molecular flexibility index (Phi) is 6.05. The van der Waals surface area contributed by atoms with Crippen LogP contribution in [0.4, 0.5) is 4.79 Å². The second-order valence-corrected chi connectivity index (χ2v) is 5.40. The van der Waals surface area contributed by atoms with Gasteiger partial charge in [0.25, 0.3) is 0 Å². The smallest absolute Gasteiger partial charge is 0.317 e. The Hall–Kier alpha value is -1.52. The summed E-state index contributed by atoms with van der Waals surface area (Å²) in [7, 11) is 1.84. The maximum Gasteiger partial charge on any atom is 0.317 e. The number of carbonyl (C=O) groups excluding carboxylic acids is 1. The summed E-state index contributed by atoms with van der Waals surface area (Å²) in [6.07, 6.45) is 1.79. The van der Waals surface area contributed by atoms with E-state index in [2.05, 4.69) is 31.2 Å². The third-order valence-electron chi connectivity index (χ3n) is 3.86. The van der Waals surface area contributed by atoms with E-state index in [-0.39, 0.29) is 12.1 Å². The molecular weight excluding hydrogens is 252 g/mol. The van der Waals surface area contributed by atoms with E-state index >= 15 is 0 Å². The van der Waals surface area contributed by atoms with Gasteiger partial charge in [-0.05, 0) is 46.1 Å². The lowest BCUT2D eigenvalue weighted by Gasteiger charge is -2.20. The number of hydrogen-bond acceptors (Lipinski definition) is 2. The van der Waals surface area contributed by atoms with E-state index in [4.69, 9.17) is 0 Å². The number of urea groups is 1. The van der Waals surface area contributed by atoms with Gasteiger partial charge in [0.05, 0.1) is 5.69 Å². The van der Waals surface area contributed by atoms with Gasteiger partial charge in [0.1, 0.15) is 0 Å². The van der Waals surface area contributed by atoms with Crippen molar-refractivity contribution in [1.82, 2.24) is 20.0 Å². The minimum absolute atomic E-state index is 0.00228. The molecule has 0 radical (unpaired) electrons. The summed E-state index contributed by atoms with van der Waals surface area (Å²) >= 11 is 0. The van der Waals surface area contributed by atoms with Crippen molar-refractivity contribution in [3.8, 4) is 0 Å². The number of nitrogens with one attached hydrogen (secondary N) is 1. The Morgan fingerprint density at radius 3 is 2.55 bits per heavy atom. The molecule has 0 aromatic carbocycles. The van der Waals surface area contributed by atoms with Crippen molar-refractivity contribution in [3.63, 3.8) is 0 Å². The summed E-state index contributed by atoms with van der Waals surface area (Å²) in [5.74, 6) is 0. The molecule has 114 valence electrons. The molecule has 1 heterocycles. The molecule has 5 heteroatoms. The maximum absolute atomic E-state index is 12.0. The molecule has 0 aliphatic rings. The normalized spacial score (nSPS) is 12.3. The van der Waals surface area contributed by atoms with Gasteiger partial charge in [-0.1, -0.05) is 6.92 Å². The fourth-order valence-electron chi connectivity index (χ4n) is 2.21. The predicted octanol–water partition coefficient (Wildman–Crippen LogP) is 2.50. The first-order valence-electron chi connectivity index (χ1n) is 7.45. The van der Waals surface area contributed by atoms with Gasteiger partial charge in [-0.25, -0.2) is 4.79 Å².